The summed E-state index contributed by atoms with van der Waals surface area (Å²) in [4.78, 5) is 15.2. The molecule has 0 radical (unpaired) electrons. The van der Waals surface area contributed by atoms with Crippen molar-refractivity contribution in [3.05, 3.63) is 95.6 Å². The van der Waals surface area contributed by atoms with E-state index >= 15 is 0 Å². The van der Waals surface area contributed by atoms with E-state index in [4.69, 9.17) is 9.47 Å². The van der Waals surface area contributed by atoms with Gasteiger partial charge in [-0.15, -0.1) is 6.58 Å². The first-order valence-electron chi connectivity index (χ1n) is 11.0. The molecule has 3 aromatic carbocycles. The Morgan fingerprint density at radius 2 is 1.78 bits per heavy atom. The molecule has 5 heteroatoms. The molecule has 5 nitrogen and oxygen atoms in total. The summed E-state index contributed by atoms with van der Waals surface area (Å²) in [6.07, 6.45) is 1.81. The number of fused-ring (bicyclic) bond motifs is 6. The molecule has 0 fully saturated rings. The van der Waals surface area contributed by atoms with Gasteiger partial charge in [0.2, 0.25) is 0 Å². The van der Waals surface area contributed by atoms with Crippen molar-refractivity contribution in [2.24, 2.45) is 0 Å². The minimum absolute atomic E-state index is 0.323. The Kier molecular flexibility index (Phi) is 4.89. The zero-order valence-corrected chi connectivity index (χ0v) is 18.4. The first-order chi connectivity index (χ1) is 15.6. The summed E-state index contributed by atoms with van der Waals surface area (Å²) in [6, 6.07) is 19.7. The lowest BCUT2D eigenvalue weighted by Gasteiger charge is -2.37. The van der Waals surface area contributed by atoms with Gasteiger partial charge >= 0.3 is 5.97 Å². The Hall–Kier alpha value is -3.73. The quantitative estimate of drug-likeness (QED) is 0.405. The van der Waals surface area contributed by atoms with Crippen LogP contribution in [-0.4, -0.2) is 25.6 Å². The third kappa shape index (κ3) is 2.88. The van der Waals surface area contributed by atoms with E-state index in [1.165, 1.54) is 0 Å². The molecule has 0 aromatic heterocycles. The molecular formula is C27H26N2O3. The number of ether oxygens (including phenoxy) is 2. The summed E-state index contributed by atoms with van der Waals surface area (Å²) in [5, 5.41) is 3.33. The number of esters is 1. The number of benzene rings is 3. The molecule has 1 spiro atoms. The number of hydrogen-bond acceptors (Lipinski definition) is 5. The van der Waals surface area contributed by atoms with Crippen molar-refractivity contribution in [1.82, 2.24) is 0 Å². The molecule has 32 heavy (non-hydrogen) atoms. The van der Waals surface area contributed by atoms with Gasteiger partial charge in [-0.2, -0.15) is 0 Å². The van der Waals surface area contributed by atoms with Crippen LogP contribution in [-0.2, 0) is 10.3 Å². The maximum atomic E-state index is 13.0. The van der Waals surface area contributed by atoms with E-state index in [2.05, 4.69) is 36.7 Å². The Bertz CT molecular complexity index is 1220. The summed E-state index contributed by atoms with van der Waals surface area (Å²) in [5.41, 5.74) is 4.01. The lowest BCUT2D eigenvalue weighted by Crippen LogP contribution is -2.33. The third-order valence-corrected chi connectivity index (χ3v) is 6.27. The van der Waals surface area contributed by atoms with Gasteiger partial charge in [-0.1, -0.05) is 24.3 Å². The van der Waals surface area contributed by atoms with Gasteiger partial charge in [0.1, 0.15) is 11.5 Å². The first-order valence-corrected chi connectivity index (χ1v) is 11.0. The van der Waals surface area contributed by atoms with Crippen LogP contribution in [0.5, 0.6) is 11.5 Å². The van der Waals surface area contributed by atoms with E-state index in [-0.39, 0.29) is 5.97 Å². The smallest absolute Gasteiger partial charge is 0.340 e. The molecule has 0 saturated heterocycles. The molecule has 2 heterocycles. The first kappa shape index (κ1) is 20.2. The number of rotatable bonds is 6. The van der Waals surface area contributed by atoms with Crippen LogP contribution in [0.1, 0.15) is 40.9 Å². The number of carbonyl (C=O) groups excluding carboxylic acids is 1. The molecule has 3 aromatic rings. The molecule has 1 unspecified atom stereocenters. The molecule has 0 aliphatic carbocycles. The zero-order valence-electron chi connectivity index (χ0n) is 18.4. The van der Waals surface area contributed by atoms with Gasteiger partial charge < -0.3 is 19.7 Å². The monoisotopic (exact) mass is 426 g/mol. The van der Waals surface area contributed by atoms with E-state index in [1.54, 1.807) is 6.08 Å². The molecular weight excluding hydrogens is 400 g/mol. The highest BCUT2D eigenvalue weighted by Gasteiger charge is 2.53. The SMILES string of the molecule is C=CCNc1ccc2c(c1)C1(OC(=O)c3ccccc31)c1ccc(N(CC)CC)cc1O2. The molecule has 5 rings (SSSR count). The van der Waals surface area contributed by atoms with Gasteiger partial charge in [0, 0.05) is 53.8 Å². The third-order valence-electron chi connectivity index (χ3n) is 6.27. The molecule has 2 aliphatic heterocycles. The standard InChI is InChI=1S/C27H26N2O3/c1-4-15-28-18-11-14-24-23(16-18)27(21-10-8-7-9-20(21)26(30)32-27)22-13-12-19(17-25(22)31-24)29(5-2)6-3/h4,7-14,16-17,28H,1,5-6,15H2,2-3H3. The highest BCUT2D eigenvalue weighted by molar-refractivity contribution is 5.97. The van der Waals surface area contributed by atoms with Crippen molar-refractivity contribution in [2.45, 2.75) is 19.4 Å². The average molecular weight is 427 g/mol. The van der Waals surface area contributed by atoms with Gasteiger partial charge in [-0.3, -0.25) is 0 Å². The Labute approximate surface area is 188 Å². The summed E-state index contributed by atoms with van der Waals surface area (Å²) < 4.78 is 12.6. The van der Waals surface area contributed by atoms with Gasteiger partial charge in [0.15, 0.2) is 5.60 Å². The largest absolute Gasteiger partial charge is 0.456 e. The van der Waals surface area contributed by atoms with Gasteiger partial charge in [-0.25, -0.2) is 4.79 Å². The van der Waals surface area contributed by atoms with Gasteiger partial charge in [0.05, 0.1) is 5.56 Å². The van der Waals surface area contributed by atoms with Crippen molar-refractivity contribution in [3.8, 4) is 11.5 Å². The highest BCUT2D eigenvalue weighted by atomic mass is 16.6. The molecule has 0 bridgehead atoms. The minimum Gasteiger partial charge on any atom is -0.456 e. The van der Waals surface area contributed by atoms with Crippen LogP contribution in [0.4, 0.5) is 11.4 Å². The molecule has 162 valence electrons. The lowest BCUT2D eigenvalue weighted by atomic mass is 9.77. The van der Waals surface area contributed by atoms with Gasteiger partial charge in [0.25, 0.3) is 0 Å². The predicted octanol–water partition coefficient (Wildman–Crippen LogP) is 5.70. The van der Waals surface area contributed by atoms with E-state index < -0.39 is 5.60 Å². The summed E-state index contributed by atoms with van der Waals surface area (Å²) >= 11 is 0. The van der Waals surface area contributed by atoms with Crippen LogP contribution in [0.15, 0.2) is 73.3 Å². The van der Waals surface area contributed by atoms with Crippen molar-refractivity contribution in [2.75, 3.05) is 29.9 Å². The summed E-state index contributed by atoms with van der Waals surface area (Å²) in [6.45, 7) is 10.5. The van der Waals surface area contributed by atoms with Crippen LogP contribution in [0.25, 0.3) is 0 Å². The van der Waals surface area contributed by atoms with E-state index in [0.29, 0.717) is 23.6 Å². The number of nitrogens with zero attached hydrogens (tertiary/aromatic N) is 1. The minimum atomic E-state index is -1.05. The maximum absolute atomic E-state index is 13.0. The number of hydrogen-bond donors (Lipinski definition) is 1. The second-order valence-corrected chi connectivity index (χ2v) is 7.95. The Balaban J connectivity index is 1.76. The normalized spacial score (nSPS) is 17.6. The number of carbonyl (C=O) groups is 1. The second-order valence-electron chi connectivity index (χ2n) is 7.95. The molecule has 2 aliphatic rings. The highest BCUT2D eigenvalue weighted by Crippen LogP contribution is 2.56. The van der Waals surface area contributed by atoms with Crippen molar-refractivity contribution in [3.63, 3.8) is 0 Å². The van der Waals surface area contributed by atoms with Crippen LogP contribution >= 0.6 is 0 Å². The fourth-order valence-corrected chi connectivity index (χ4v) is 4.75. The van der Waals surface area contributed by atoms with E-state index in [9.17, 15) is 4.79 Å². The molecule has 1 atom stereocenters. The number of anilines is 2. The van der Waals surface area contributed by atoms with Crippen molar-refractivity contribution >= 4 is 17.3 Å². The fourth-order valence-electron chi connectivity index (χ4n) is 4.75. The Morgan fingerprint density at radius 1 is 0.969 bits per heavy atom. The van der Waals surface area contributed by atoms with Crippen LogP contribution in [0.3, 0.4) is 0 Å². The zero-order chi connectivity index (χ0) is 22.3. The summed E-state index contributed by atoms with van der Waals surface area (Å²) in [7, 11) is 0. The lowest BCUT2D eigenvalue weighted by molar-refractivity contribution is 0.0224. The van der Waals surface area contributed by atoms with Crippen LogP contribution in [0, 0.1) is 0 Å². The number of nitrogens with one attached hydrogen (secondary N) is 1. The van der Waals surface area contributed by atoms with E-state index in [1.807, 2.05) is 54.6 Å². The maximum Gasteiger partial charge on any atom is 0.340 e. The van der Waals surface area contributed by atoms with Crippen LogP contribution in [0.2, 0.25) is 0 Å². The molecule has 1 N–H and O–H groups in total. The molecule has 0 saturated carbocycles. The molecule has 0 amide bonds. The van der Waals surface area contributed by atoms with Gasteiger partial charge in [-0.05, 0) is 50.2 Å². The Morgan fingerprint density at radius 3 is 2.56 bits per heavy atom. The van der Waals surface area contributed by atoms with Crippen LogP contribution < -0.4 is 15.0 Å². The van der Waals surface area contributed by atoms with Crippen molar-refractivity contribution in [1.29, 1.82) is 0 Å². The average Bonchev–Trinajstić information content (AvgIpc) is 3.12. The van der Waals surface area contributed by atoms with Crippen molar-refractivity contribution < 1.29 is 14.3 Å². The topological polar surface area (TPSA) is 50.8 Å². The van der Waals surface area contributed by atoms with E-state index in [0.717, 1.165) is 41.2 Å². The summed E-state index contributed by atoms with van der Waals surface area (Å²) in [5.74, 6) is 1.07. The predicted molar refractivity (Wildman–Crippen MR) is 127 cm³/mol. The second kappa shape index (κ2) is 7.75. The fraction of sp³-hybridized carbons (Fsp3) is 0.222.